The SMILES string of the molecule is CCc1nc2ccccc2n1C[C@@H](O)COc1cc(OC)cc(OC)c1. The minimum absolute atomic E-state index is 0.159. The summed E-state index contributed by atoms with van der Waals surface area (Å²) in [5.74, 6) is 2.82. The molecule has 3 rings (SSSR count). The summed E-state index contributed by atoms with van der Waals surface area (Å²) in [5.41, 5.74) is 1.96. The van der Waals surface area contributed by atoms with E-state index in [4.69, 9.17) is 14.2 Å². The van der Waals surface area contributed by atoms with Gasteiger partial charge in [-0.05, 0) is 12.1 Å². The van der Waals surface area contributed by atoms with E-state index in [-0.39, 0.29) is 6.61 Å². The van der Waals surface area contributed by atoms with Gasteiger partial charge in [0.15, 0.2) is 0 Å². The highest BCUT2D eigenvalue weighted by molar-refractivity contribution is 5.75. The normalized spacial score (nSPS) is 12.2. The number of benzene rings is 2. The van der Waals surface area contributed by atoms with Crippen molar-refractivity contribution in [3.8, 4) is 17.2 Å². The first-order valence-electron chi connectivity index (χ1n) is 8.62. The lowest BCUT2D eigenvalue weighted by atomic mass is 10.3. The van der Waals surface area contributed by atoms with Gasteiger partial charge < -0.3 is 23.9 Å². The molecule has 26 heavy (non-hydrogen) atoms. The lowest BCUT2D eigenvalue weighted by molar-refractivity contribution is 0.0925. The summed E-state index contributed by atoms with van der Waals surface area (Å²) in [6.45, 7) is 2.64. The van der Waals surface area contributed by atoms with E-state index < -0.39 is 6.10 Å². The summed E-state index contributed by atoms with van der Waals surface area (Å²) in [6.07, 6.45) is 0.130. The second-order valence-electron chi connectivity index (χ2n) is 5.99. The zero-order valence-electron chi connectivity index (χ0n) is 15.3. The van der Waals surface area contributed by atoms with Crippen LogP contribution in [0.1, 0.15) is 12.7 Å². The summed E-state index contributed by atoms with van der Waals surface area (Å²) >= 11 is 0. The molecular weight excluding hydrogens is 332 g/mol. The second-order valence-corrected chi connectivity index (χ2v) is 5.99. The smallest absolute Gasteiger partial charge is 0.126 e. The summed E-state index contributed by atoms with van der Waals surface area (Å²) < 4.78 is 18.3. The molecule has 6 heteroatoms. The Morgan fingerprint density at radius 3 is 2.35 bits per heavy atom. The van der Waals surface area contributed by atoms with E-state index in [1.807, 2.05) is 24.3 Å². The second kappa shape index (κ2) is 8.10. The number of imidazole rings is 1. The van der Waals surface area contributed by atoms with E-state index in [9.17, 15) is 5.11 Å². The Bertz CT molecular complexity index is 853. The predicted molar refractivity (Wildman–Crippen MR) is 100 cm³/mol. The Kier molecular flexibility index (Phi) is 5.63. The Morgan fingerprint density at radius 1 is 1.04 bits per heavy atom. The van der Waals surface area contributed by atoms with Gasteiger partial charge in [-0.25, -0.2) is 4.98 Å². The minimum atomic E-state index is -0.671. The lowest BCUT2D eigenvalue weighted by Crippen LogP contribution is -2.24. The Hall–Kier alpha value is -2.73. The largest absolute Gasteiger partial charge is 0.496 e. The standard InChI is InChI=1S/C20H24N2O4/c1-4-20-21-18-7-5-6-8-19(18)22(20)12-14(23)13-26-17-10-15(24-2)9-16(11-17)25-3/h5-11,14,23H,4,12-13H2,1-3H3/t14-/m1/s1. The van der Waals surface area contributed by atoms with Gasteiger partial charge in [-0.15, -0.1) is 0 Å². The molecule has 138 valence electrons. The third-order valence-electron chi connectivity index (χ3n) is 4.21. The van der Waals surface area contributed by atoms with Crippen LogP contribution in [0.4, 0.5) is 0 Å². The van der Waals surface area contributed by atoms with Crippen LogP contribution in [0.25, 0.3) is 11.0 Å². The Morgan fingerprint density at radius 2 is 1.69 bits per heavy atom. The molecule has 6 nitrogen and oxygen atoms in total. The van der Waals surface area contributed by atoms with Crippen LogP contribution >= 0.6 is 0 Å². The van der Waals surface area contributed by atoms with Gasteiger partial charge >= 0.3 is 0 Å². The van der Waals surface area contributed by atoms with Crippen molar-refractivity contribution in [2.24, 2.45) is 0 Å². The van der Waals surface area contributed by atoms with Crippen molar-refractivity contribution < 1.29 is 19.3 Å². The first kappa shape index (κ1) is 18.1. The van der Waals surface area contributed by atoms with Gasteiger partial charge in [0.1, 0.15) is 35.8 Å². The van der Waals surface area contributed by atoms with E-state index in [1.54, 1.807) is 32.4 Å². The molecule has 0 saturated heterocycles. The summed E-state index contributed by atoms with van der Waals surface area (Å²) in [7, 11) is 3.17. The molecule has 3 aromatic rings. The molecule has 0 spiro atoms. The third kappa shape index (κ3) is 3.91. The molecule has 1 aromatic heterocycles. The van der Waals surface area contributed by atoms with Crippen molar-refractivity contribution in [1.82, 2.24) is 9.55 Å². The van der Waals surface area contributed by atoms with Gasteiger partial charge in [0.25, 0.3) is 0 Å². The maximum absolute atomic E-state index is 10.5. The molecule has 0 unspecified atom stereocenters. The van der Waals surface area contributed by atoms with Gasteiger partial charge in [0.2, 0.25) is 0 Å². The predicted octanol–water partition coefficient (Wildman–Crippen LogP) is 3.06. The van der Waals surface area contributed by atoms with Gasteiger partial charge in [-0.1, -0.05) is 19.1 Å². The quantitative estimate of drug-likeness (QED) is 0.672. The van der Waals surface area contributed by atoms with Crippen LogP contribution in [-0.4, -0.2) is 41.6 Å². The maximum Gasteiger partial charge on any atom is 0.126 e. The highest BCUT2D eigenvalue weighted by Gasteiger charge is 2.14. The zero-order chi connectivity index (χ0) is 18.5. The molecular formula is C20H24N2O4. The molecule has 0 amide bonds. The van der Waals surface area contributed by atoms with Crippen molar-refractivity contribution in [1.29, 1.82) is 0 Å². The fourth-order valence-electron chi connectivity index (χ4n) is 2.92. The van der Waals surface area contributed by atoms with Crippen molar-refractivity contribution in [2.45, 2.75) is 26.0 Å². The van der Waals surface area contributed by atoms with E-state index in [0.29, 0.717) is 23.8 Å². The average Bonchev–Trinajstić information content (AvgIpc) is 3.03. The van der Waals surface area contributed by atoms with E-state index in [2.05, 4.69) is 16.5 Å². The van der Waals surface area contributed by atoms with Crippen molar-refractivity contribution in [3.05, 3.63) is 48.3 Å². The fourth-order valence-corrected chi connectivity index (χ4v) is 2.92. The van der Waals surface area contributed by atoms with Crippen LogP contribution < -0.4 is 14.2 Å². The van der Waals surface area contributed by atoms with Gasteiger partial charge in [0, 0.05) is 24.6 Å². The zero-order valence-corrected chi connectivity index (χ0v) is 15.3. The first-order chi connectivity index (χ1) is 12.6. The number of rotatable bonds is 8. The minimum Gasteiger partial charge on any atom is -0.496 e. The molecule has 0 aliphatic rings. The number of hydrogen-bond donors (Lipinski definition) is 1. The van der Waals surface area contributed by atoms with E-state index >= 15 is 0 Å². The summed E-state index contributed by atoms with van der Waals surface area (Å²) in [4.78, 5) is 4.63. The molecule has 0 aliphatic heterocycles. The van der Waals surface area contributed by atoms with E-state index in [0.717, 1.165) is 23.3 Å². The number of para-hydroxylation sites is 2. The monoisotopic (exact) mass is 356 g/mol. The number of aliphatic hydroxyl groups excluding tert-OH is 1. The molecule has 0 radical (unpaired) electrons. The van der Waals surface area contributed by atoms with E-state index in [1.165, 1.54) is 0 Å². The first-order valence-corrected chi connectivity index (χ1v) is 8.62. The van der Waals surface area contributed by atoms with Gasteiger partial charge in [-0.2, -0.15) is 0 Å². The molecule has 0 saturated carbocycles. The summed E-state index contributed by atoms with van der Waals surface area (Å²) in [5, 5.41) is 10.5. The van der Waals surface area contributed by atoms with Crippen LogP contribution in [0.5, 0.6) is 17.2 Å². The highest BCUT2D eigenvalue weighted by atomic mass is 16.5. The molecule has 1 atom stereocenters. The summed E-state index contributed by atoms with van der Waals surface area (Å²) in [6, 6.07) is 13.2. The number of ether oxygens (including phenoxy) is 3. The Labute approximate surface area is 152 Å². The topological polar surface area (TPSA) is 65.7 Å². The number of methoxy groups -OCH3 is 2. The number of hydrogen-bond acceptors (Lipinski definition) is 5. The maximum atomic E-state index is 10.5. The van der Waals surface area contributed by atoms with Gasteiger partial charge in [-0.3, -0.25) is 0 Å². The number of aliphatic hydroxyl groups is 1. The van der Waals surface area contributed by atoms with Crippen LogP contribution in [0, 0.1) is 0 Å². The van der Waals surface area contributed by atoms with Crippen molar-refractivity contribution >= 4 is 11.0 Å². The number of nitrogens with zero attached hydrogens (tertiary/aromatic N) is 2. The molecule has 0 fully saturated rings. The molecule has 2 aromatic carbocycles. The highest BCUT2D eigenvalue weighted by Crippen LogP contribution is 2.27. The molecule has 0 bridgehead atoms. The van der Waals surface area contributed by atoms with Crippen LogP contribution in [0.2, 0.25) is 0 Å². The lowest BCUT2D eigenvalue weighted by Gasteiger charge is -2.16. The number of fused-ring (bicyclic) bond motifs is 1. The number of aromatic nitrogens is 2. The average molecular weight is 356 g/mol. The third-order valence-corrected chi connectivity index (χ3v) is 4.21. The van der Waals surface area contributed by atoms with Crippen LogP contribution in [0.3, 0.4) is 0 Å². The molecule has 0 aliphatic carbocycles. The molecule has 1 N–H and O–H groups in total. The molecule has 1 heterocycles. The number of aryl methyl sites for hydroxylation is 1. The van der Waals surface area contributed by atoms with Crippen molar-refractivity contribution in [3.63, 3.8) is 0 Å². The van der Waals surface area contributed by atoms with Gasteiger partial charge in [0.05, 0.1) is 31.8 Å². The fraction of sp³-hybridized carbons (Fsp3) is 0.350. The Balaban J connectivity index is 1.71. The van der Waals surface area contributed by atoms with Crippen LogP contribution in [0.15, 0.2) is 42.5 Å². The van der Waals surface area contributed by atoms with Crippen molar-refractivity contribution in [2.75, 3.05) is 20.8 Å². The van der Waals surface area contributed by atoms with Crippen LogP contribution in [-0.2, 0) is 13.0 Å².